The molecule has 1 N–H and O–H groups in total. The Morgan fingerprint density at radius 3 is 2.82 bits per heavy atom. The summed E-state index contributed by atoms with van der Waals surface area (Å²) in [6.45, 7) is 6.61. The second-order valence-corrected chi connectivity index (χ2v) is 5.10. The molecule has 1 saturated heterocycles. The fraction of sp³-hybridized carbons (Fsp3) is 0.462. The summed E-state index contributed by atoms with van der Waals surface area (Å²) < 4.78 is 13.5. The van der Waals surface area contributed by atoms with Crippen LogP contribution in [0, 0.1) is 12.7 Å². The number of anilines is 1. The minimum Gasteiger partial charge on any atom is -0.309 e. The Morgan fingerprint density at radius 2 is 2.12 bits per heavy atom. The lowest BCUT2D eigenvalue weighted by atomic mass is 10.0. The molecule has 3 nitrogen and oxygen atoms in total. The Morgan fingerprint density at radius 1 is 1.41 bits per heavy atom. The van der Waals surface area contributed by atoms with Gasteiger partial charge in [0.1, 0.15) is 5.82 Å². The first-order valence-electron chi connectivity index (χ1n) is 5.71. The molecular formula is C13H17FN2O. The Bertz CT molecular complexity index is 457. The van der Waals surface area contributed by atoms with Gasteiger partial charge in [-0.15, -0.1) is 0 Å². The first kappa shape index (κ1) is 12.0. The van der Waals surface area contributed by atoms with E-state index in [1.807, 2.05) is 13.8 Å². The summed E-state index contributed by atoms with van der Waals surface area (Å²) in [5, 5.41) is 3.16. The zero-order valence-corrected chi connectivity index (χ0v) is 10.4. The molecule has 0 aliphatic carbocycles. The number of benzene rings is 1. The molecule has 1 aliphatic heterocycles. The zero-order valence-electron chi connectivity index (χ0n) is 10.4. The second kappa shape index (κ2) is 4.11. The molecule has 1 heterocycles. The average molecular weight is 236 g/mol. The van der Waals surface area contributed by atoms with Crippen LogP contribution in [0.25, 0.3) is 0 Å². The summed E-state index contributed by atoms with van der Waals surface area (Å²) in [5.74, 6) is -0.287. The highest BCUT2D eigenvalue weighted by molar-refractivity contribution is 5.96. The number of nitrogens with one attached hydrogen (secondary N) is 1. The number of amides is 1. The van der Waals surface area contributed by atoms with Gasteiger partial charge >= 0.3 is 0 Å². The summed E-state index contributed by atoms with van der Waals surface area (Å²) >= 11 is 0. The number of rotatable bonds is 1. The van der Waals surface area contributed by atoms with E-state index in [1.165, 1.54) is 6.07 Å². The van der Waals surface area contributed by atoms with E-state index >= 15 is 0 Å². The molecule has 17 heavy (non-hydrogen) atoms. The van der Waals surface area contributed by atoms with E-state index in [-0.39, 0.29) is 17.3 Å². The van der Waals surface area contributed by atoms with Crippen LogP contribution in [0.5, 0.6) is 0 Å². The van der Waals surface area contributed by atoms with Crippen LogP contribution in [0.3, 0.4) is 0 Å². The molecule has 1 aromatic rings. The number of halogens is 1. The fourth-order valence-electron chi connectivity index (χ4n) is 2.06. The molecule has 0 atom stereocenters. The maximum Gasteiger partial charge on any atom is 0.241 e. The monoisotopic (exact) mass is 236 g/mol. The van der Waals surface area contributed by atoms with E-state index in [2.05, 4.69) is 5.32 Å². The van der Waals surface area contributed by atoms with Gasteiger partial charge in [0.2, 0.25) is 5.91 Å². The van der Waals surface area contributed by atoms with E-state index in [9.17, 15) is 9.18 Å². The smallest absolute Gasteiger partial charge is 0.241 e. The van der Waals surface area contributed by atoms with Crippen molar-refractivity contribution in [2.24, 2.45) is 0 Å². The highest BCUT2D eigenvalue weighted by Crippen LogP contribution is 2.25. The zero-order chi connectivity index (χ0) is 12.6. The van der Waals surface area contributed by atoms with E-state index in [0.717, 1.165) is 0 Å². The van der Waals surface area contributed by atoms with E-state index in [0.29, 0.717) is 24.3 Å². The highest BCUT2D eigenvalue weighted by atomic mass is 19.1. The SMILES string of the molecule is Cc1c(F)cccc1N1CC(C)(C)NCC1=O. The Hall–Kier alpha value is -1.42. The molecule has 1 aliphatic rings. The molecule has 2 rings (SSSR count). The third-order valence-electron chi connectivity index (χ3n) is 3.10. The predicted octanol–water partition coefficient (Wildman–Crippen LogP) is 1.85. The van der Waals surface area contributed by atoms with Crippen molar-refractivity contribution in [3.63, 3.8) is 0 Å². The number of hydrogen-bond donors (Lipinski definition) is 1. The van der Waals surface area contributed by atoms with Gasteiger partial charge in [-0.2, -0.15) is 0 Å². The van der Waals surface area contributed by atoms with Crippen molar-refractivity contribution in [3.05, 3.63) is 29.6 Å². The van der Waals surface area contributed by atoms with Gasteiger partial charge in [0, 0.05) is 23.3 Å². The van der Waals surface area contributed by atoms with Crippen molar-refractivity contribution >= 4 is 11.6 Å². The summed E-state index contributed by atoms with van der Waals surface area (Å²) in [6, 6.07) is 4.84. The molecule has 92 valence electrons. The molecule has 0 saturated carbocycles. The second-order valence-electron chi connectivity index (χ2n) is 5.10. The molecule has 0 spiro atoms. The fourth-order valence-corrected chi connectivity index (χ4v) is 2.06. The maximum atomic E-state index is 13.5. The lowest BCUT2D eigenvalue weighted by Crippen LogP contribution is -2.60. The van der Waals surface area contributed by atoms with Gasteiger partial charge in [-0.05, 0) is 32.9 Å². The van der Waals surface area contributed by atoms with Gasteiger partial charge in [0.25, 0.3) is 0 Å². The minimum absolute atomic E-state index is 0.0157. The Balaban J connectivity index is 2.38. The summed E-state index contributed by atoms with van der Waals surface area (Å²) in [7, 11) is 0. The lowest BCUT2D eigenvalue weighted by molar-refractivity contribution is -0.119. The van der Waals surface area contributed by atoms with Crippen molar-refractivity contribution in [2.45, 2.75) is 26.3 Å². The van der Waals surface area contributed by atoms with Gasteiger partial charge in [-0.25, -0.2) is 4.39 Å². The van der Waals surface area contributed by atoms with Crippen LogP contribution < -0.4 is 10.2 Å². The van der Waals surface area contributed by atoms with Gasteiger partial charge < -0.3 is 10.2 Å². The average Bonchev–Trinajstić information content (AvgIpc) is 2.26. The van der Waals surface area contributed by atoms with Crippen LogP contribution in [0.15, 0.2) is 18.2 Å². The van der Waals surface area contributed by atoms with E-state index in [4.69, 9.17) is 0 Å². The van der Waals surface area contributed by atoms with Crippen LogP contribution in [0.4, 0.5) is 10.1 Å². The normalized spacial score (nSPS) is 19.5. The maximum absolute atomic E-state index is 13.5. The van der Waals surface area contributed by atoms with Crippen LogP contribution in [-0.4, -0.2) is 24.5 Å². The number of carbonyl (C=O) groups excluding carboxylic acids is 1. The summed E-state index contributed by atoms with van der Waals surface area (Å²) in [6.07, 6.45) is 0. The van der Waals surface area contributed by atoms with Crippen molar-refractivity contribution < 1.29 is 9.18 Å². The number of nitrogens with zero attached hydrogens (tertiary/aromatic N) is 1. The van der Waals surface area contributed by atoms with E-state index in [1.54, 1.807) is 24.0 Å². The molecule has 0 bridgehead atoms. The molecule has 1 fully saturated rings. The van der Waals surface area contributed by atoms with Crippen molar-refractivity contribution in [1.82, 2.24) is 5.32 Å². The Labute approximate surface area is 101 Å². The third-order valence-corrected chi connectivity index (χ3v) is 3.10. The topological polar surface area (TPSA) is 32.3 Å². The number of piperazine rings is 1. The van der Waals surface area contributed by atoms with Crippen LogP contribution >= 0.6 is 0 Å². The van der Waals surface area contributed by atoms with Crippen LogP contribution in [0.2, 0.25) is 0 Å². The molecule has 4 heteroatoms. The molecule has 1 amide bonds. The highest BCUT2D eigenvalue weighted by Gasteiger charge is 2.32. The van der Waals surface area contributed by atoms with Crippen LogP contribution in [0.1, 0.15) is 19.4 Å². The number of carbonyl (C=O) groups is 1. The first-order valence-corrected chi connectivity index (χ1v) is 5.71. The minimum atomic E-state index is -0.272. The van der Waals surface area contributed by atoms with Gasteiger partial charge in [-0.1, -0.05) is 6.07 Å². The molecular weight excluding hydrogens is 219 g/mol. The molecule has 0 unspecified atom stereocenters. The van der Waals surface area contributed by atoms with Crippen molar-refractivity contribution in [1.29, 1.82) is 0 Å². The molecule has 0 aromatic heterocycles. The van der Waals surface area contributed by atoms with Crippen LogP contribution in [-0.2, 0) is 4.79 Å². The van der Waals surface area contributed by atoms with Gasteiger partial charge in [-0.3, -0.25) is 4.79 Å². The standard InChI is InChI=1S/C13H17FN2O/c1-9-10(14)5-4-6-11(9)16-8-13(2,3)15-7-12(16)17/h4-6,15H,7-8H2,1-3H3. The number of hydrogen-bond acceptors (Lipinski definition) is 2. The quantitative estimate of drug-likeness (QED) is 0.807. The van der Waals surface area contributed by atoms with Crippen molar-refractivity contribution in [2.75, 3.05) is 18.0 Å². The molecule has 0 radical (unpaired) electrons. The Kier molecular flexibility index (Phi) is 2.91. The van der Waals surface area contributed by atoms with E-state index < -0.39 is 0 Å². The molecule has 1 aromatic carbocycles. The first-order chi connectivity index (χ1) is 7.91. The van der Waals surface area contributed by atoms with Gasteiger partial charge in [0.05, 0.1) is 6.54 Å². The largest absolute Gasteiger partial charge is 0.309 e. The van der Waals surface area contributed by atoms with Crippen molar-refractivity contribution in [3.8, 4) is 0 Å². The summed E-state index contributed by atoms with van der Waals surface area (Å²) in [4.78, 5) is 13.5. The lowest BCUT2D eigenvalue weighted by Gasteiger charge is -2.39. The third kappa shape index (κ3) is 2.31. The van der Waals surface area contributed by atoms with Gasteiger partial charge in [0.15, 0.2) is 0 Å². The summed E-state index contributed by atoms with van der Waals surface area (Å²) in [5.41, 5.74) is 1.05. The predicted molar refractivity (Wildman–Crippen MR) is 65.6 cm³/mol.